The van der Waals surface area contributed by atoms with Crippen LogP contribution in [0.15, 0.2) is 83.4 Å². The number of amides is 1. The Bertz CT molecular complexity index is 1220. The Hall–Kier alpha value is -3.77. The number of carbonyl (C=O) groups is 2. The van der Waals surface area contributed by atoms with Gasteiger partial charge in [0.25, 0.3) is 5.91 Å². The van der Waals surface area contributed by atoms with E-state index in [0.29, 0.717) is 27.6 Å². The third-order valence-corrected chi connectivity index (χ3v) is 4.62. The lowest BCUT2D eigenvalue weighted by atomic mass is 10.0. The van der Waals surface area contributed by atoms with Crippen LogP contribution in [0.2, 0.25) is 5.02 Å². The second-order valence-electron chi connectivity index (χ2n) is 6.42. The number of aromatic nitrogens is 1. The number of hydrogen-bond acceptors (Lipinski definition) is 4. The Labute approximate surface area is 176 Å². The van der Waals surface area contributed by atoms with Gasteiger partial charge in [0.15, 0.2) is 17.2 Å². The molecule has 0 radical (unpaired) electrons. The first-order valence-electron chi connectivity index (χ1n) is 8.94. The van der Waals surface area contributed by atoms with Crippen molar-refractivity contribution in [1.29, 1.82) is 0 Å². The normalized spacial score (nSPS) is 10.6. The minimum absolute atomic E-state index is 0.0161. The molecular formula is C23H14ClFN2O3. The van der Waals surface area contributed by atoms with Crippen LogP contribution in [-0.4, -0.2) is 16.8 Å². The molecule has 30 heavy (non-hydrogen) atoms. The van der Waals surface area contributed by atoms with E-state index >= 15 is 0 Å². The van der Waals surface area contributed by atoms with Crippen LogP contribution in [0.1, 0.15) is 26.4 Å². The lowest BCUT2D eigenvalue weighted by Gasteiger charge is -2.10. The van der Waals surface area contributed by atoms with Crippen LogP contribution >= 0.6 is 11.6 Å². The molecular weight excluding hydrogens is 407 g/mol. The van der Waals surface area contributed by atoms with Crippen LogP contribution in [-0.2, 0) is 0 Å². The molecule has 7 heteroatoms. The lowest BCUT2D eigenvalue weighted by Crippen LogP contribution is -2.15. The van der Waals surface area contributed by atoms with Crippen LogP contribution in [0.4, 0.5) is 10.1 Å². The van der Waals surface area contributed by atoms with Gasteiger partial charge in [-0.05, 0) is 42.5 Å². The Balaban J connectivity index is 1.60. The molecule has 0 bridgehead atoms. The fourth-order valence-corrected chi connectivity index (χ4v) is 3.05. The SMILES string of the molecule is O=C(Nc1ccc(Cl)cc1C(=O)c1ccccc1)c1cc(-c2ccc(F)cc2)on1. The summed E-state index contributed by atoms with van der Waals surface area (Å²) in [6.45, 7) is 0. The van der Waals surface area contributed by atoms with E-state index in [1.807, 2.05) is 0 Å². The van der Waals surface area contributed by atoms with Crippen molar-refractivity contribution in [3.05, 3.63) is 107 Å². The quantitative estimate of drug-likeness (QED) is 0.425. The fourth-order valence-electron chi connectivity index (χ4n) is 2.88. The van der Waals surface area contributed by atoms with Crippen molar-refractivity contribution in [2.45, 2.75) is 0 Å². The number of rotatable bonds is 5. The number of nitrogens with zero attached hydrogens (tertiary/aromatic N) is 1. The van der Waals surface area contributed by atoms with Gasteiger partial charge in [0.1, 0.15) is 5.82 Å². The number of benzene rings is 3. The molecule has 1 heterocycles. The van der Waals surface area contributed by atoms with Gasteiger partial charge in [0.05, 0.1) is 5.69 Å². The molecule has 0 aliphatic heterocycles. The Morgan fingerprint density at radius 2 is 1.67 bits per heavy atom. The van der Waals surface area contributed by atoms with Crippen molar-refractivity contribution in [3.63, 3.8) is 0 Å². The fraction of sp³-hybridized carbons (Fsp3) is 0. The number of anilines is 1. The topological polar surface area (TPSA) is 72.2 Å². The molecule has 4 rings (SSSR count). The number of hydrogen-bond donors (Lipinski definition) is 1. The molecule has 0 spiro atoms. The van der Waals surface area contributed by atoms with Crippen molar-refractivity contribution in [1.82, 2.24) is 5.16 Å². The molecule has 4 aromatic rings. The van der Waals surface area contributed by atoms with E-state index < -0.39 is 5.91 Å². The molecule has 1 amide bonds. The zero-order valence-electron chi connectivity index (χ0n) is 15.4. The van der Waals surface area contributed by atoms with E-state index in [1.54, 1.807) is 42.5 Å². The molecule has 1 N–H and O–H groups in total. The summed E-state index contributed by atoms with van der Waals surface area (Å²) in [5.74, 6) is -0.900. The molecule has 0 aliphatic carbocycles. The predicted molar refractivity (Wildman–Crippen MR) is 111 cm³/mol. The molecule has 0 saturated carbocycles. The number of halogens is 2. The van der Waals surface area contributed by atoms with Crippen molar-refractivity contribution in [3.8, 4) is 11.3 Å². The largest absolute Gasteiger partial charge is 0.355 e. The number of carbonyl (C=O) groups excluding carboxylic acids is 2. The molecule has 0 aliphatic rings. The van der Waals surface area contributed by atoms with E-state index in [0.717, 1.165) is 0 Å². The smallest absolute Gasteiger partial charge is 0.277 e. The summed E-state index contributed by atoms with van der Waals surface area (Å²) in [6, 6.07) is 20.4. The zero-order chi connectivity index (χ0) is 21.1. The molecule has 148 valence electrons. The maximum atomic E-state index is 13.1. The van der Waals surface area contributed by atoms with Gasteiger partial charge < -0.3 is 9.84 Å². The highest BCUT2D eigenvalue weighted by Crippen LogP contribution is 2.25. The molecule has 0 unspecified atom stereocenters. The van der Waals surface area contributed by atoms with Crippen LogP contribution in [0.5, 0.6) is 0 Å². The first-order valence-corrected chi connectivity index (χ1v) is 9.32. The third kappa shape index (κ3) is 4.14. The van der Waals surface area contributed by atoms with E-state index in [4.69, 9.17) is 16.1 Å². The van der Waals surface area contributed by atoms with Gasteiger partial charge in [-0.1, -0.05) is 47.1 Å². The second kappa shape index (κ2) is 8.31. The standard InChI is InChI=1S/C23H14ClFN2O3/c24-16-8-11-19(18(12-16)22(28)15-4-2-1-3-5-15)26-23(29)20-13-21(30-27-20)14-6-9-17(25)10-7-14/h1-13H,(H,26,29). The molecule has 0 fully saturated rings. The lowest BCUT2D eigenvalue weighted by molar-refractivity contribution is 0.101. The van der Waals surface area contributed by atoms with Crippen LogP contribution in [0.3, 0.4) is 0 Å². The highest BCUT2D eigenvalue weighted by Gasteiger charge is 2.19. The summed E-state index contributed by atoms with van der Waals surface area (Å²) in [5.41, 5.74) is 1.61. The monoisotopic (exact) mass is 420 g/mol. The highest BCUT2D eigenvalue weighted by atomic mass is 35.5. The zero-order valence-corrected chi connectivity index (χ0v) is 16.2. The van der Waals surface area contributed by atoms with E-state index in [9.17, 15) is 14.0 Å². The van der Waals surface area contributed by atoms with E-state index in [1.165, 1.54) is 36.4 Å². The van der Waals surface area contributed by atoms with Gasteiger partial charge in [-0.25, -0.2) is 4.39 Å². The van der Waals surface area contributed by atoms with Gasteiger partial charge in [-0.2, -0.15) is 0 Å². The predicted octanol–water partition coefficient (Wildman–Crippen LogP) is 5.62. The van der Waals surface area contributed by atoms with Crippen LogP contribution in [0.25, 0.3) is 11.3 Å². The van der Waals surface area contributed by atoms with E-state index in [2.05, 4.69) is 10.5 Å². The Kier molecular flexibility index (Phi) is 5.41. The molecule has 3 aromatic carbocycles. The summed E-state index contributed by atoms with van der Waals surface area (Å²) >= 11 is 6.07. The minimum Gasteiger partial charge on any atom is -0.355 e. The van der Waals surface area contributed by atoms with E-state index in [-0.39, 0.29) is 22.9 Å². The average Bonchev–Trinajstić information content (AvgIpc) is 3.26. The maximum absolute atomic E-state index is 13.1. The first-order chi connectivity index (χ1) is 14.5. The summed E-state index contributed by atoms with van der Waals surface area (Å²) in [5, 5.41) is 6.82. The van der Waals surface area contributed by atoms with Gasteiger partial charge in [0.2, 0.25) is 0 Å². The number of nitrogens with one attached hydrogen (secondary N) is 1. The first kappa shape index (κ1) is 19.5. The van der Waals surface area contributed by atoms with Crippen LogP contribution in [0, 0.1) is 5.82 Å². The van der Waals surface area contributed by atoms with Gasteiger partial charge in [-0.15, -0.1) is 0 Å². The highest BCUT2D eigenvalue weighted by molar-refractivity contribution is 6.31. The minimum atomic E-state index is -0.559. The number of ketones is 1. The van der Waals surface area contributed by atoms with Crippen LogP contribution < -0.4 is 5.32 Å². The third-order valence-electron chi connectivity index (χ3n) is 4.38. The maximum Gasteiger partial charge on any atom is 0.277 e. The summed E-state index contributed by atoms with van der Waals surface area (Å²) in [4.78, 5) is 25.6. The van der Waals surface area contributed by atoms with Crippen molar-refractivity contribution < 1.29 is 18.5 Å². The summed E-state index contributed by atoms with van der Waals surface area (Å²) in [7, 11) is 0. The van der Waals surface area contributed by atoms with Gasteiger partial charge in [0, 0.05) is 27.8 Å². The average molecular weight is 421 g/mol. The Morgan fingerprint density at radius 1 is 0.933 bits per heavy atom. The molecule has 0 saturated heterocycles. The summed E-state index contributed by atoms with van der Waals surface area (Å²) in [6.07, 6.45) is 0. The second-order valence-corrected chi connectivity index (χ2v) is 6.86. The van der Waals surface area contributed by atoms with Gasteiger partial charge in [-0.3, -0.25) is 9.59 Å². The van der Waals surface area contributed by atoms with Crippen molar-refractivity contribution in [2.75, 3.05) is 5.32 Å². The van der Waals surface area contributed by atoms with Gasteiger partial charge >= 0.3 is 0 Å². The molecule has 5 nitrogen and oxygen atoms in total. The van der Waals surface area contributed by atoms with Crippen molar-refractivity contribution >= 4 is 29.0 Å². The Morgan fingerprint density at radius 3 is 2.40 bits per heavy atom. The van der Waals surface area contributed by atoms with Crippen molar-refractivity contribution in [2.24, 2.45) is 0 Å². The molecule has 1 aromatic heterocycles. The molecule has 0 atom stereocenters. The summed E-state index contributed by atoms with van der Waals surface area (Å²) < 4.78 is 18.3.